The first-order valence-electron chi connectivity index (χ1n) is 35.5. The molecule has 0 aliphatic rings. The second-order valence-corrected chi connectivity index (χ2v) is 24.6. The van der Waals surface area contributed by atoms with Crippen LogP contribution in [0.15, 0.2) is 12.2 Å². The molecule has 3 N–H and O–H groups in total. The van der Waals surface area contributed by atoms with Crippen LogP contribution in [-0.2, 0) is 14.3 Å². The lowest BCUT2D eigenvalue weighted by Crippen LogP contribution is -2.45. The third-order valence-corrected chi connectivity index (χ3v) is 16.8. The van der Waals surface area contributed by atoms with E-state index in [0.717, 1.165) is 38.5 Å². The van der Waals surface area contributed by atoms with E-state index in [0.29, 0.717) is 19.4 Å². The average Bonchev–Trinajstić information content (AvgIpc) is 3.43. The fourth-order valence-electron chi connectivity index (χ4n) is 11.4. The molecule has 0 heterocycles. The lowest BCUT2D eigenvalue weighted by Gasteiger charge is -2.20. The van der Waals surface area contributed by atoms with Crippen molar-refractivity contribution in [2.24, 2.45) is 0 Å². The van der Waals surface area contributed by atoms with Gasteiger partial charge in [-0.1, -0.05) is 373 Å². The largest absolute Gasteiger partial charge is 0.466 e. The summed E-state index contributed by atoms with van der Waals surface area (Å²) < 4.78 is 5.51. The maximum absolute atomic E-state index is 12.4. The molecular weight excluding hydrogens is 947 g/mol. The molecule has 6 nitrogen and oxygen atoms in total. The molecule has 0 fully saturated rings. The zero-order valence-electron chi connectivity index (χ0n) is 52.5. The molecule has 0 bridgehead atoms. The number of allylic oxidation sites excluding steroid dienone is 1. The second kappa shape index (κ2) is 67.1. The topological polar surface area (TPSA) is 95.9 Å². The number of aliphatic hydroxyl groups is 2. The molecule has 0 aliphatic heterocycles. The van der Waals surface area contributed by atoms with Crippen molar-refractivity contribution in [3.63, 3.8) is 0 Å². The third kappa shape index (κ3) is 63.6. The van der Waals surface area contributed by atoms with Gasteiger partial charge in [0.25, 0.3) is 0 Å². The van der Waals surface area contributed by atoms with Crippen molar-refractivity contribution in [1.29, 1.82) is 0 Å². The predicted molar refractivity (Wildman–Crippen MR) is 338 cm³/mol. The van der Waals surface area contributed by atoms with Crippen LogP contribution in [0, 0.1) is 0 Å². The Hall–Kier alpha value is -1.40. The SMILES string of the molecule is CCCCCCCCCCC/C=C/C(O)C(CO)NC(=O)CCCCCCCCCCCCCCCCCCCCCCCCCCCCCCCCCCOC(=O)CCCCCCCCCCCCCCCCCCC. The van der Waals surface area contributed by atoms with Crippen molar-refractivity contribution in [3.05, 3.63) is 12.2 Å². The highest BCUT2D eigenvalue weighted by Gasteiger charge is 2.18. The van der Waals surface area contributed by atoms with Crippen molar-refractivity contribution in [2.45, 2.75) is 418 Å². The van der Waals surface area contributed by atoms with Gasteiger partial charge in [-0.15, -0.1) is 0 Å². The number of carbonyl (C=O) groups excluding carboxylic acids is 2. The maximum Gasteiger partial charge on any atom is 0.305 e. The summed E-state index contributed by atoms with van der Waals surface area (Å²) in [5.41, 5.74) is 0. The Morgan fingerprint density at radius 2 is 0.597 bits per heavy atom. The lowest BCUT2D eigenvalue weighted by atomic mass is 10.0. The summed E-state index contributed by atoms with van der Waals surface area (Å²) >= 11 is 0. The van der Waals surface area contributed by atoms with Gasteiger partial charge in [0.2, 0.25) is 5.91 Å². The Balaban J connectivity index is 3.29. The molecule has 6 heteroatoms. The standard InChI is InChI=1S/C71H139NO5/c1-3-5-7-9-11-13-15-16-17-34-38-41-45-49-53-57-61-65-71(76)77-66-62-58-54-50-46-42-39-36-33-31-29-27-25-23-21-19-18-20-22-24-26-28-30-32-35-37-40-44-48-52-56-60-64-70(75)72-68(67-73)69(74)63-59-55-51-47-43-14-12-10-8-6-4-2/h59,63,68-69,73-74H,3-58,60-62,64-67H2,1-2H3,(H,72,75)/b63-59+. The number of hydrogen-bond acceptors (Lipinski definition) is 5. The van der Waals surface area contributed by atoms with E-state index in [1.807, 2.05) is 6.08 Å². The Morgan fingerprint density at radius 1 is 0.351 bits per heavy atom. The van der Waals surface area contributed by atoms with E-state index in [9.17, 15) is 19.8 Å². The zero-order chi connectivity index (χ0) is 55.7. The summed E-state index contributed by atoms with van der Waals surface area (Å²) in [7, 11) is 0. The van der Waals surface area contributed by atoms with E-state index in [1.165, 1.54) is 340 Å². The molecule has 0 aliphatic carbocycles. The minimum atomic E-state index is -0.839. The van der Waals surface area contributed by atoms with Crippen LogP contribution in [0.2, 0.25) is 0 Å². The highest BCUT2D eigenvalue weighted by molar-refractivity contribution is 5.76. The zero-order valence-corrected chi connectivity index (χ0v) is 52.5. The van der Waals surface area contributed by atoms with Gasteiger partial charge in [0.15, 0.2) is 0 Å². The van der Waals surface area contributed by atoms with Gasteiger partial charge in [-0.3, -0.25) is 9.59 Å². The number of nitrogens with one attached hydrogen (secondary N) is 1. The first-order chi connectivity index (χ1) is 38.0. The van der Waals surface area contributed by atoms with Crippen LogP contribution in [0.25, 0.3) is 0 Å². The second-order valence-electron chi connectivity index (χ2n) is 24.6. The molecule has 0 rings (SSSR count). The Morgan fingerprint density at radius 3 is 0.883 bits per heavy atom. The highest BCUT2D eigenvalue weighted by atomic mass is 16.5. The van der Waals surface area contributed by atoms with Crippen molar-refractivity contribution < 1.29 is 24.5 Å². The summed E-state index contributed by atoms with van der Waals surface area (Å²) in [5, 5.41) is 23.1. The van der Waals surface area contributed by atoms with Gasteiger partial charge in [-0.05, 0) is 32.1 Å². The molecule has 77 heavy (non-hydrogen) atoms. The molecule has 0 spiro atoms. The van der Waals surface area contributed by atoms with E-state index < -0.39 is 12.1 Å². The van der Waals surface area contributed by atoms with E-state index in [-0.39, 0.29) is 18.5 Å². The van der Waals surface area contributed by atoms with E-state index in [2.05, 4.69) is 19.2 Å². The molecule has 1 amide bonds. The van der Waals surface area contributed by atoms with Crippen molar-refractivity contribution in [3.8, 4) is 0 Å². The fourth-order valence-corrected chi connectivity index (χ4v) is 11.4. The molecule has 0 radical (unpaired) electrons. The number of rotatable bonds is 67. The van der Waals surface area contributed by atoms with Crippen LogP contribution >= 0.6 is 0 Å². The van der Waals surface area contributed by atoms with Crippen LogP contribution in [0.4, 0.5) is 0 Å². The van der Waals surface area contributed by atoms with Crippen LogP contribution in [0.5, 0.6) is 0 Å². The number of hydrogen-bond donors (Lipinski definition) is 3. The minimum absolute atomic E-state index is 0.0257. The lowest BCUT2D eigenvalue weighted by molar-refractivity contribution is -0.143. The third-order valence-electron chi connectivity index (χ3n) is 16.8. The summed E-state index contributed by atoms with van der Waals surface area (Å²) in [5.74, 6) is -0.0369. The Bertz CT molecular complexity index is 1160. The molecule has 0 aromatic rings. The van der Waals surface area contributed by atoms with Gasteiger partial charge in [0.1, 0.15) is 0 Å². The molecule has 0 saturated carbocycles. The summed E-state index contributed by atoms with van der Waals surface area (Å²) in [6, 6.07) is -0.622. The molecule has 0 aromatic heterocycles. The van der Waals surface area contributed by atoms with Crippen molar-refractivity contribution in [1.82, 2.24) is 5.32 Å². The van der Waals surface area contributed by atoms with E-state index >= 15 is 0 Å². The van der Waals surface area contributed by atoms with Gasteiger partial charge in [0, 0.05) is 12.8 Å². The monoisotopic (exact) mass is 1090 g/mol. The van der Waals surface area contributed by atoms with Gasteiger partial charge in [-0.25, -0.2) is 0 Å². The minimum Gasteiger partial charge on any atom is -0.466 e. The number of esters is 1. The number of carbonyl (C=O) groups is 2. The van der Waals surface area contributed by atoms with Crippen LogP contribution < -0.4 is 5.32 Å². The van der Waals surface area contributed by atoms with Gasteiger partial charge in [0.05, 0.1) is 25.4 Å². The number of ether oxygens (including phenoxy) is 1. The highest BCUT2D eigenvalue weighted by Crippen LogP contribution is 2.19. The first-order valence-corrected chi connectivity index (χ1v) is 35.5. The summed E-state index contributed by atoms with van der Waals surface area (Å²) in [4.78, 5) is 24.5. The normalized spacial score (nSPS) is 12.5. The smallest absolute Gasteiger partial charge is 0.305 e. The van der Waals surface area contributed by atoms with Gasteiger partial charge >= 0.3 is 5.97 Å². The Kier molecular flexibility index (Phi) is 65.9. The van der Waals surface area contributed by atoms with E-state index in [4.69, 9.17) is 4.74 Å². The van der Waals surface area contributed by atoms with E-state index in [1.54, 1.807) is 6.08 Å². The average molecular weight is 1090 g/mol. The first kappa shape index (κ1) is 75.6. The predicted octanol–water partition coefficient (Wildman–Crippen LogP) is 22.8. The Labute approximate surface area is 482 Å². The number of amides is 1. The molecule has 2 unspecified atom stereocenters. The van der Waals surface area contributed by atoms with Gasteiger partial charge < -0.3 is 20.3 Å². The maximum atomic E-state index is 12.4. The van der Waals surface area contributed by atoms with Crippen molar-refractivity contribution in [2.75, 3.05) is 13.2 Å². The quantitative estimate of drug-likeness (QED) is 0.0320. The number of unbranched alkanes of at least 4 members (excludes halogenated alkanes) is 56. The number of aliphatic hydroxyl groups excluding tert-OH is 2. The van der Waals surface area contributed by atoms with Crippen molar-refractivity contribution >= 4 is 11.9 Å². The fraction of sp³-hybridized carbons (Fsp3) is 0.944. The molecule has 0 saturated heterocycles. The summed E-state index contributed by atoms with van der Waals surface area (Å²) in [6.45, 7) is 4.93. The molecule has 2 atom stereocenters. The van der Waals surface area contributed by atoms with Crippen LogP contribution in [0.3, 0.4) is 0 Å². The molecule has 458 valence electrons. The van der Waals surface area contributed by atoms with Crippen LogP contribution in [0.1, 0.15) is 406 Å². The molecular formula is C71H139NO5. The molecule has 0 aromatic carbocycles. The van der Waals surface area contributed by atoms with Gasteiger partial charge in [-0.2, -0.15) is 0 Å². The van der Waals surface area contributed by atoms with Crippen LogP contribution in [-0.4, -0.2) is 47.4 Å². The summed E-state index contributed by atoms with van der Waals surface area (Å²) in [6.07, 6.45) is 83.1.